The Balaban J connectivity index is 0.00000288. The fourth-order valence-electron chi connectivity index (χ4n) is 2.42. The van der Waals surface area contributed by atoms with Crippen molar-refractivity contribution in [1.82, 2.24) is 15.6 Å². The summed E-state index contributed by atoms with van der Waals surface area (Å²) in [5.74, 6) is 0.868. The molecule has 1 aromatic heterocycles. The van der Waals surface area contributed by atoms with Gasteiger partial charge in [-0.15, -0.1) is 35.3 Å². The Morgan fingerprint density at radius 3 is 2.62 bits per heavy atom. The highest BCUT2D eigenvalue weighted by Crippen LogP contribution is 2.17. The van der Waals surface area contributed by atoms with Crippen molar-refractivity contribution >= 4 is 41.3 Å². The van der Waals surface area contributed by atoms with Crippen molar-refractivity contribution in [2.24, 2.45) is 4.99 Å². The number of thiazole rings is 1. The van der Waals surface area contributed by atoms with Gasteiger partial charge in [0.2, 0.25) is 0 Å². The van der Waals surface area contributed by atoms with Gasteiger partial charge in [-0.2, -0.15) is 0 Å². The van der Waals surface area contributed by atoms with Gasteiger partial charge in [0, 0.05) is 24.4 Å². The molecule has 0 saturated carbocycles. The van der Waals surface area contributed by atoms with Gasteiger partial charge in [-0.1, -0.05) is 29.8 Å². The Kier molecular flexibility index (Phi) is 9.28. The summed E-state index contributed by atoms with van der Waals surface area (Å²) in [6.07, 6.45) is 0.978. The van der Waals surface area contributed by atoms with Crippen LogP contribution in [0.4, 0.5) is 0 Å². The van der Waals surface area contributed by atoms with Gasteiger partial charge in [-0.05, 0) is 33.3 Å². The number of benzene rings is 1. The van der Waals surface area contributed by atoms with E-state index in [1.807, 2.05) is 0 Å². The average Bonchev–Trinajstić information content (AvgIpc) is 2.83. The minimum Gasteiger partial charge on any atom is -0.357 e. The van der Waals surface area contributed by atoms with E-state index in [0.29, 0.717) is 6.54 Å². The fraction of sp³-hybridized carbons (Fsp3) is 0.444. The zero-order chi connectivity index (χ0) is 16.7. The summed E-state index contributed by atoms with van der Waals surface area (Å²) in [4.78, 5) is 10.5. The van der Waals surface area contributed by atoms with Gasteiger partial charge in [0.25, 0.3) is 0 Å². The monoisotopic (exact) mass is 458 g/mol. The lowest BCUT2D eigenvalue weighted by molar-refractivity contribution is 0.801. The lowest BCUT2D eigenvalue weighted by Gasteiger charge is -2.11. The third kappa shape index (κ3) is 6.76. The first kappa shape index (κ1) is 20.9. The molecule has 0 atom stereocenters. The van der Waals surface area contributed by atoms with Crippen molar-refractivity contribution in [3.63, 3.8) is 0 Å². The Hall–Kier alpha value is -1.15. The highest BCUT2D eigenvalue weighted by molar-refractivity contribution is 14.0. The second-order valence-electron chi connectivity index (χ2n) is 5.60. The minimum atomic E-state index is 0. The van der Waals surface area contributed by atoms with Crippen LogP contribution in [-0.4, -0.2) is 24.0 Å². The third-order valence-corrected chi connectivity index (χ3v) is 4.62. The van der Waals surface area contributed by atoms with Crippen LogP contribution in [0.15, 0.2) is 29.3 Å². The summed E-state index contributed by atoms with van der Waals surface area (Å²) >= 11 is 1.78. The number of aliphatic imine (C=N–C) groups is 1. The number of hydrogen-bond donors (Lipinski definition) is 2. The number of nitrogens with zero attached hydrogens (tertiary/aromatic N) is 2. The number of aromatic nitrogens is 1. The normalized spacial score (nSPS) is 11.1. The van der Waals surface area contributed by atoms with Crippen molar-refractivity contribution < 1.29 is 0 Å². The van der Waals surface area contributed by atoms with Gasteiger partial charge in [0.05, 0.1) is 17.2 Å². The molecule has 6 heteroatoms. The topological polar surface area (TPSA) is 49.3 Å². The molecule has 1 aromatic carbocycles. The summed E-state index contributed by atoms with van der Waals surface area (Å²) in [6, 6.07) is 8.48. The second-order valence-corrected chi connectivity index (χ2v) is 6.89. The van der Waals surface area contributed by atoms with E-state index in [2.05, 4.69) is 72.6 Å². The zero-order valence-corrected chi connectivity index (χ0v) is 18.0. The lowest BCUT2D eigenvalue weighted by Crippen LogP contribution is -2.38. The summed E-state index contributed by atoms with van der Waals surface area (Å²) in [7, 11) is 0. The number of rotatable bonds is 6. The van der Waals surface area contributed by atoms with Gasteiger partial charge in [-0.3, -0.25) is 0 Å². The van der Waals surface area contributed by atoms with Crippen LogP contribution in [0.5, 0.6) is 0 Å². The van der Waals surface area contributed by atoms with Crippen LogP contribution in [0.2, 0.25) is 0 Å². The highest BCUT2D eigenvalue weighted by Gasteiger charge is 2.05. The lowest BCUT2D eigenvalue weighted by atomic mass is 10.1. The molecule has 0 aliphatic rings. The molecule has 24 heavy (non-hydrogen) atoms. The van der Waals surface area contributed by atoms with Crippen LogP contribution in [0.25, 0.3) is 0 Å². The quantitative estimate of drug-likeness (QED) is 0.391. The molecule has 0 aliphatic heterocycles. The maximum atomic E-state index is 4.67. The van der Waals surface area contributed by atoms with Gasteiger partial charge in [-0.25, -0.2) is 9.98 Å². The number of hydrogen-bond acceptors (Lipinski definition) is 3. The number of nitrogens with one attached hydrogen (secondary N) is 2. The number of halogens is 1. The van der Waals surface area contributed by atoms with Crippen LogP contribution in [0.1, 0.15) is 33.6 Å². The van der Waals surface area contributed by atoms with Gasteiger partial charge < -0.3 is 10.6 Å². The molecule has 2 rings (SSSR count). The van der Waals surface area contributed by atoms with Crippen molar-refractivity contribution in [2.45, 2.75) is 40.7 Å². The standard InChI is InChI=1S/C18H26N4S.HI/c1-5-19-18(21-12-16-8-6-7-13(2)11-16)20-10-9-17-14(3)22-15(4)23-17;/h6-8,11H,5,9-10,12H2,1-4H3,(H2,19,20,21);1H. The van der Waals surface area contributed by atoms with E-state index < -0.39 is 0 Å². The summed E-state index contributed by atoms with van der Waals surface area (Å²) < 4.78 is 0. The fourth-order valence-corrected chi connectivity index (χ4v) is 3.36. The average molecular weight is 458 g/mol. The van der Waals surface area contributed by atoms with Crippen molar-refractivity contribution in [1.29, 1.82) is 0 Å². The van der Waals surface area contributed by atoms with E-state index in [-0.39, 0.29) is 24.0 Å². The Morgan fingerprint density at radius 1 is 1.21 bits per heavy atom. The van der Waals surface area contributed by atoms with Crippen LogP contribution in [0.3, 0.4) is 0 Å². The van der Waals surface area contributed by atoms with E-state index in [4.69, 9.17) is 0 Å². The molecule has 0 spiro atoms. The van der Waals surface area contributed by atoms with E-state index in [9.17, 15) is 0 Å². The van der Waals surface area contributed by atoms with Crippen molar-refractivity contribution in [3.05, 3.63) is 51.0 Å². The summed E-state index contributed by atoms with van der Waals surface area (Å²) in [5, 5.41) is 7.85. The predicted molar refractivity (Wildman–Crippen MR) is 115 cm³/mol. The molecule has 0 bridgehead atoms. The van der Waals surface area contributed by atoms with Crippen LogP contribution in [0, 0.1) is 20.8 Å². The summed E-state index contributed by atoms with van der Waals surface area (Å²) in [5.41, 5.74) is 3.65. The molecule has 4 nitrogen and oxygen atoms in total. The number of aryl methyl sites for hydroxylation is 3. The molecule has 0 amide bonds. The largest absolute Gasteiger partial charge is 0.357 e. The molecule has 1 heterocycles. The first-order valence-electron chi connectivity index (χ1n) is 8.09. The second kappa shape index (κ2) is 10.7. The van der Waals surface area contributed by atoms with Crippen molar-refractivity contribution in [2.75, 3.05) is 13.1 Å². The Labute approximate surface area is 166 Å². The van der Waals surface area contributed by atoms with Crippen LogP contribution < -0.4 is 10.6 Å². The molecule has 0 radical (unpaired) electrons. The molecule has 0 saturated heterocycles. The Bertz CT molecular complexity index is 667. The molecule has 132 valence electrons. The van der Waals surface area contributed by atoms with E-state index >= 15 is 0 Å². The van der Waals surface area contributed by atoms with Gasteiger partial charge >= 0.3 is 0 Å². The summed E-state index contributed by atoms with van der Waals surface area (Å²) in [6.45, 7) is 10.7. The predicted octanol–water partition coefficient (Wildman–Crippen LogP) is 3.98. The first-order chi connectivity index (χ1) is 11.1. The SMILES string of the molecule is CCNC(=NCc1cccc(C)c1)NCCc1sc(C)nc1C.I. The smallest absolute Gasteiger partial charge is 0.191 e. The molecule has 0 fully saturated rings. The van der Waals surface area contributed by atoms with Crippen LogP contribution in [-0.2, 0) is 13.0 Å². The molecule has 0 unspecified atom stereocenters. The number of guanidine groups is 1. The molecular weight excluding hydrogens is 431 g/mol. The highest BCUT2D eigenvalue weighted by atomic mass is 127. The van der Waals surface area contributed by atoms with E-state index in [0.717, 1.165) is 36.2 Å². The van der Waals surface area contributed by atoms with Gasteiger partial charge in [0.1, 0.15) is 0 Å². The Morgan fingerprint density at radius 2 is 2.00 bits per heavy atom. The third-order valence-electron chi connectivity index (χ3n) is 3.49. The first-order valence-corrected chi connectivity index (χ1v) is 8.90. The maximum absolute atomic E-state index is 4.67. The van der Waals surface area contributed by atoms with Crippen LogP contribution >= 0.6 is 35.3 Å². The van der Waals surface area contributed by atoms with E-state index in [1.165, 1.54) is 16.0 Å². The molecule has 0 aliphatic carbocycles. The molecular formula is C18H27IN4S. The van der Waals surface area contributed by atoms with E-state index in [1.54, 1.807) is 11.3 Å². The molecule has 2 N–H and O–H groups in total. The van der Waals surface area contributed by atoms with Gasteiger partial charge in [0.15, 0.2) is 5.96 Å². The van der Waals surface area contributed by atoms with Crippen molar-refractivity contribution in [3.8, 4) is 0 Å². The minimum absolute atomic E-state index is 0. The zero-order valence-electron chi connectivity index (χ0n) is 14.8. The maximum Gasteiger partial charge on any atom is 0.191 e. The molecule has 2 aromatic rings.